The van der Waals surface area contributed by atoms with Crippen molar-refractivity contribution >= 4 is 11.8 Å². The summed E-state index contributed by atoms with van der Waals surface area (Å²) in [6.07, 6.45) is 12.7. The van der Waals surface area contributed by atoms with Crippen LogP contribution in [0.4, 0.5) is 10.5 Å². The van der Waals surface area contributed by atoms with Crippen LogP contribution in [0.15, 0.2) is 24.3 Å². The Morgan fingerprint density at radius 1 is 1.03 bits per heavy atom. The lowest BCUT2D eigenvalue weighted by Crippen LogP contribution is -2.46. The molecule has 0 saturated carbocycles. The number of rotatable bonds is 14. The number of amides is 1. The van der Waals surface area contributed by atoms with E-state index in [9.17, 15) is 9.90 Å². The predicted octanol–water partition coefficient (Wildman–Crippen LogP) is 4.84. The fourth-order valence-electron chi connectivity index (χ4n) is 3.92. The maximum Gasteiger partial charge on any atom is 0.141 e. The van der Waals surface area contributed by atoms with Gasteiger partial charge in [0.1, 0.15) is 11.8 Å². The molecule has 1 aromatic rings. The lowest BCUT2D eigenvalue weighted by molar-refractivity contribution is -0.246. The van der Waals surface area contributed by atoms with Gasteiger partial charge in [0.15, 0.2) is 0 Å². The molecular formula is C24H39N2O3-. The summed E-state index contributed by atoms with van der Waals surface area (Å²) in [4.78, 5) is 15.3. The molecule has 1 saturated heterocycles. The number of hydrogen-bond acceptors (Lipinski definition) is 4. The Labute approximate surface area is 177 Å². The summed E-state index contributed by atoms with van der Waals surface area (Å²) in [7, 11) is 0. The van der Waals surface area contributed by atoms with Crippen molar-refractivity contribution < 1.29 is 14.6 Å². The molecule has 1 aliphatic rings. The van der Waals surface area contributed by atoms with Gasteiger partial charge in [0.05, 0.1) is 6.61 Å². The summed E-state index contributed by atoms with van der Waals surface area (Å²) in [6, 6.07) is 7.38. The zero-order valence-corrected chi connectivity index (χ0v) is 18.2. The molecule has 0 spiro atoms. The van der Waals surface area contributed by atoms with E-state index in [1.54, 1.807) is 0 Å². The van der Waals surface area contributed by atoms with E-state index < -0.39 is 6.09 Å². The van der Waals surface area contributed by atoms with Gasteiger partial charge in [-0.1, -0.05) is 64.4 Å². The molecule has 1 fully saturated rings. The molecule has 29 heavy (non-hydrogen) atoms. The van der Waals surface area contributed by atoms with Crippen molar-refractivity contribution in [3.63, 3.8) is 0 Å². The van der Waals surface area contributed by atoms with Crippen molar-refractivity contribution in [2.75, 3.05) is 37.7 Å². The minimum absolute atomic E-state index is 0.434. The van der Waals surface area contributed by atoms with E-state index in [1.807, 2.05) is 24.3 Å². The second-order valence-electron chi connectivity index (χ2n) is 8.14. The third kappa shape index (κ3) is 9.53. The Morgan fingerprint density at radius 2 is 1.72 bits per heavy atom. The minimum atomic E-state index is -1.15. The third-order valence-corrected chi connectivity index (χ3v) is 5.70. The van der Waals surface area contributed by atoms with Crippen LogP contribution in [0.5, 0.6) is 5.75 Å². The molecule has 0 bridgehead atoms. The standard InChI is InChI=1S/C24H40N2O3/c1-2-3-4-5-6-7-8-12-20-29-23-15-13-14-22(21-23)26(24(27)28)19-18-25-16-10-9-11-17-25/h13-15,21H,2-12,16-20H2,1H3,(H,27,28)/p-1. The quantitative estimate of drug-likeness (QED) is 0.417. The second kappa shape index (κ2) is 14.3. The SMILES string of the molecule is CCCCCCCCCCOc1cccc(N(CCN2CCCCC2)C(=O)[O-])c1. The molecule has 0 radical (unpaired) electrons. The van der Waals surface area contributed by atoms with Crippen LogP contribution < -0.4 is 14.7 Å². The topological polar surface area (TPSA) is 55.8 Å². The molecule has 0 unspecified atom stereocenters. The summed E-state index contributed by atoms with van der Waals surface area (Å²) in [6.45, 7) is 6.22. The molecule has 164 valence electrons. The molecule has 0 aromatic heterocycles. The van der Waals surface area contributed by atoms with E-state index >= 15 is 0 Å². The van der Waals surface area contributed by atoms with Gasteiger partial charge in [0, 0.05) is 24.8 Å². The van der Waals surface area contributed by atoms with Crippen molar-refractivity contribution in [2.24, 2.45) is 0 Å². The van der Waals surface area contributed by atoms with Gasteiger partial charge < -0.3 is 24.4 Å². The van der Waals surface area contributed by atoms with Crippen molar-refractivity contribution in [1.29, 1.82) is 0 Å². The van der Waals surface area contributed by atoms with E-state index in [-0.39, 0.29) is 0 Å². The number of anilines is 1. The predicted molar refractivity (Wildman–Crippen MR) is 118 cm³/mol. The summed E-state index contributed by atoms with van der Waals surface area (Å²) < 4.78 is 5.87. The Hall–Kier alpha value is -1.75. The fourth-order valence-corrected chi connectivity index (χ4v) is 3.92. The first-order valence-corrected chi connectivity index (χ1v) is 11.6. The second-order valence-corrected chi connectivity index (χ2v) is 8.14. The zero-order valence-electron chi connectivity index (χ0n) is 18.2. The Bertz CT molecular complexity index is 573. The molecule has 1 aliphatic heterocycles. The number of hydrogen-bond donors (Lipinski definition) is 0. The zero-order chi connectivity index (χ0) is 20.7. The first-order valence-electron chi connectivity index (χ1n) is 11.6. The van der Waals surface area contributed by atoms with Gasteiger partial charge in [-0.05, 0) is 44.5 Å². The van der Waals surface area contributed by atoms with Gasteiger partial charge in [-0.2, -0.15) is 0 Å². The van der Waals surface area contributed by atoms with Gasteiger partial charge in [0.2, 0.25) is 0 Å². The van der Waals surface area contributed by atoms with Gasteiger partial charge in [0.25, 0.3) is 0 Å². The van der Waals surface area contributed by atoms with Crippen LogP contribution in [0.2, 0.25) is 0 Å². The lowest BCUT2D eigenvalue weighted by atomic mass is 10.1. The average molecular weight is 404 g/mol. The maximum atomic E-state index is 11.7. The molecule has 1 amide bonds. The fraction of sp³-hybridized carbons (Fsp3) is 0.708. The molecule has 1 heterocycles. The first kappa shape index (κ1) is 23.5. The summed E-state index contributed by atoms with van der Waals surface area (Å²) in [5.41, 5.74) is 0.635. The molecule has 0 N–H and O–H groups in total. The van der Waals surface area contributed by atoms with Crippen molar-refractivity contribution in [1.82, 2.24) is 4.90 Å². The van der Waals surface area contributed by atoms with Crippen LogP contribution >= 0.6 is 0 Å². The van der Waals surface area contributed by atoms with E-state index in [2.05, 4.69) is 11.8 Å². The number of carbonyl (C=O) groups excluding carboxylic acids is 1. The molecule has 0 atom stereocenters. The molecule has 2 rings (SSSR count). The van der Waals surface area contributed by atoms with Crippen molar-refractivity contribution in [3.05, 3.63) is 24.3 Å². The lowest BCUT2D eigenvalue weighted by Gasteiger charge is -2.31. The Kier molecular flexibility index (Phi) is 11.6. The van der Waals surface area contributed by atoms with Gasteiger partial charge in [-0.25, -0.2) is 0 Å². The first-order chi connectivity index (χ1) is 14.2. The number of carbonyl (C=O) groups is 1. The normalized spacial score (nSPS) is 14.7. The van der Waals surface area contributed by atoms with Crippen LogP contribution in [0.3, 0.4) is 0 Å². The maximum absolute atomic E-state index is 11.7. The van der Waals surface area contributed by atoms with E-state index in [0.29, 0.717) is 18.8 Å². The van der Waals surface area contributed by atoms with Crippen LogP contribution in [0.1, 0.15) is 77.6 Å². The van der Waals surface area contributed by atoms with E-state index in [1.165, 1.54) is 69.1 Å². The average Bonchev–Trinajstić information content (AvgIpc) is 2.73. The summed E-state index contributed by atoms with van der Waals surface area (Å²) in [5, 5.41) is 11.7. The van der Waals surface area contributed by atoms with Crippen LogP contribution in [-0.4, -0.2) is 43.8 Å². The Balaban J connectivity index is 1.72. The molecular weight excluding hydrogens is 364 g/mol. The number of carboxylic acid groups (broad SMARTS) is 1. The number of benzene rings is 1. The van der Waals surface area contributed by atoms with Crippen LogP contribution in [0.25, 0.3) is 0 Å². The highest BCUT2D eigenvalue weighted by Gasteiger charge is 2.14. The number of ether oxygens (including phenoxy) is 1. The number of unbranched alkanes of at least 4 members (excludes halogenated alkanes) is 7. The Morgan fingerprint density at radius 3 is 2.41 bits per heavy atom. The molecule has 5 heteroatoms. The number of nitrogens with zero attached hydrogens (tertiary/aromatic N) is 2. The highest BCUT2D eigenvalue weighted by atomic mass is 16.5. The van der Waals surface area contributed by atoms with E-state index in [4.69, 9.17) is 4.74 Å². The monoisotopic (exact) mass is 403 g/mol. The highest BCUT2D eigenvalue weighted by molar-refractivity contribution is 5.84. The molecule has 1 aromatic carbocycles. The van der Waals surface area contributed by atoms with E-state index in [0.717, 1.165) is 31.8 Å². The highest BCUT2D eigenvalue weighted by Crippen LogP contribution is 2.22. The molecule has 0 aliphatic carbocycles. The third-order valence-electron chi connectivity index (χ3n) is 5.70. The molecule has 5 nitrogen and oxygen atoms in total. The van der Waals surface area contributed by atoms with Crippen LogP contribution in [0, 0.1) is 0 Å². The minimum Gasteiger partial charge on any atom is -0.530 e. The number of likely N-dealkylation sites (tertiary alicyclic amines) is 1. The summed E-state index contributed by atoms with van der Waals surface area (Å²) >= 11 is 0. The van der Waals surface area contributed by atoms with Gasteiger partial charge in [-0.3, -0.25) is 0 Å². The van der Waals surface area contributed by atoms with Crippen molar-refractivity contribution in [3.8, 4) is 5.75 Å². The van der Waals surface area contributed by atoms with Gasteiger partial charge in [-0.15, -0.1) is 0 Å². The van der Waals surface area contributed by atoms with Gasteiger partial charge >= 0.3 is 0 Å². The largest absolute Gasteiger partial charge is 0.530 e. The summed E-state index contributed by atoms with van der Waals surface area (Å²) in [5.74, 6) is 0.731. The smallest absolute Gasteiger partial charge is 0.141 e. The van der Waals surface area contributed by atoms with Crippen molar-refractivity contribution in [2.45, 2.75) is 77.6 Å². The van der Waals surface area contributed by atoms with Crippen LogP contribution in [-0.2, 0) is 0 Å². The number of piperidine rings is 1.